The Hall–Kier alpha value is -3.43. The van der Waals surface area contributed by atoms with Gasteiger partial charge in [0.05, 0.1) is 4.90 Å². The molecule has 5 rings (SSSR count). The maximum Gasteiger partial charge on any atom is 0.284 e. The van der Waals surface area contributed by atoms with Crippen LogP contribution in [-0.4, -0.2) is 57.0 Å². The van der Waals surface area contributed by atoms with Crippen LogP contribution in [0.15, 0.2) is 82.1 Å². The molecule has 0 saturated carbocycles. The second kappa shape index (κ2) is 9.44. The summed E-state index contributed by atoms with van der Waals surface area (Å²) >= 11 is 0. The summed E-state index contributed by atoms with van der Waals surface area (Å²) in [6.07, 6.45) is 0. The van der Waals surface area contributed by atoms with Crippen LogP contribution >= 0.6 is 0 Å². The van der Waals surface area contributed by atoms with Crippen molar-refractivity contribution in [3.63, 3.8) is 0 Å². The molecule has 0 spiro atoms. The highest BCUT2D eigenvalue weighted by Gasteiger charge is 2.24. The lowest BCUT2D eigenvalue weighted by Crippen LogP contribution is -2.48. The van der Waals surface area contributed by atoms with E-state index in [0.717, 1.165) is 54.4 Å². The second-order valence-corrected chi connectivity index (χ2v) is 9.76. The van der Waals surface area contributed by atoms with E-state index in [4.69, 9.17) is 9.47 Å². The molecule has 1 saturated heterocycles. The van der Waals surface area contributed by atoms with Gasteiger partial charge >= 0.3 is 0 Å². The van der Waals surface area contributed by atoms with Crippen LogP contribution in [0.3, 0.4) is 0 Å². The average Bonchev–Trinajstić information content (AvgIpc) is 3.32. The Labute approximate surface area is 198 Å². The van der Waals surface area contributed by atoms with E-state index in [1.165, 1.54) is 12.1 Å². The van der Waals surface area contributed by atoms with E-state index in [9.17, 15) is 12.8 Å². The molecule has 0 radical (unpaired) electrons. The van der Waals surface area contributed by atoms with Crippen molar-refractivity contribution in [1.29, 1.82) is 0 Å². The fourth-order valence-electron chi connectivity index (χ4n) is 4.07. The fraction of sp³-hybridized carbons (Fsp3) is 0.240. The largest absolute Gasteiger partial charge is 0.454 e. The van der Waals surface area contributed by atoms with E-state index < -0.39 is 15.8 Å². The monoisotopic (exact) mass is 481 g/mol. The Morgan fingerprint density at radius 2 is 1.59 bits per heavy atom. The Kier molecular flexibility index (Phi) is 6.21. The molecule has 3 aromatic carbocycles. The van der Waals surface area contributed by atoms with Crippen LogP contribution in [0.25, 0.3) is 0 Å². The van der Waals surface area contributed by atoms with E-state index in [1.54, 1.807) is 0 Å². The van der Waals surface area contributed by atoms with Gasteiger partial charge in [0.2, 0.25) is 6.79 Å². The SMILES string of the molecule is O=S(=O)(/N=C(/c1ccccc1)N1CCN(Cc2ccc3c(c2)OCO3)CC1)c1ccc(F)cc1. The molecule has 9 heteroatoms. The molecule has 176 valence electrons. The molecule has 7 nitrogen and oxygen atoms in total. The Bertz CT molecular complexity index is 1290. The molecule has 0 aromatic heterocycles. The molecule has 0 N–H and O–H groups in total. The highest BCUT2D eigenvalue weighted by Crippen LogP contribution is 2.33. The third-order valence-electron chi connectivity index (χ3n) is 5.87. The number of piperazine rings is 1. The number of fused-ring (bicyclic) bond motifs is 1. The van der Waals surface area contributed by atoms with E-state index in [0.29, 0.717) is 18.9 Å². The van der Waals surface area contributed by atoms with Crippen LogP contribution in [0.2, 0.25) is 0 Å². The molecule has 2 aliphatic heterocycles. The summed E-state index contributed by atoms with van der Waals surface area (Å²) < 4.78 is 54.3. The number of hydrogen-bond acceptors (Lipinski definition) is 5. The van der Waals surface area contributed by atoms with Crippen molar-refractivity contribution in [3.05, 3.63) is 89.7 Å². The number of halogens is 1. The Balaban J connectivity index is 1.34. The highest BCUT2D eigenvalue weighted by molar-refractivity contribution is 7.90. The minimum Gasteiger partial charge on any atom is -0.454 e. The smallest absolute Gasteiger partial charge is 0.284 e. The summed E-state index contributed by atoms with van der Waals surface area (Å²) in [5.74, 6) is 1.43. The first-order valence-corrected chi connectivity index (χ1v) is 12.4. The van der Waals surface area contributed by atoms with Crippen molar-refractivity contribution in [3.8, 4) is 11.5 Å². The molecule has 0 aliphatic carbocycles. The van der Waals surface area contributed by atoms with Crippen molar-refractivity contribution in [2.75, 3.05) is 33.0 Å². The number of sulfonamides is 1. The molecule has 0 unspecified atom stereocenters. The molecule has 0 bridgehead atoms. The zero-order valence-electron chi connectivity index (χ0n) is 18.4. The third-order valence-corrected chi connectivity index (χ3v) is 7.15. The fourth-order valence-corrected chi connectivity index (χ4v) is 5.10. The van der Waals surface area contributed by atoms with E-state index in [1.807, 2.05) is 53.4 Å². The average molecular weight is 482 g/mol. The van der Waals surface area contributed by atoms with E-state index in [2.05, 4.69) is 9.30 Å². The standard InChI is InChI=1S/C25H24FN3O4S/c26-21-7-9-22(10-8-21)34(30,31)27-25(20-4-2-1-3-5-20)29-14-12-28(13-15-29)17-19-6-11-23-24(16-19)33-18-32-23/h1-11,16H,12-15,17-18H2/b27-25-. The third kappa shape index (κ3) is 4.90. The summed E-state index contributed by atoms with van der Waals surface area (Å²) in [5, 5.41) is 0. The van der Waals surface area contributed by atoms with Crippen molar-refractivity contribution in [2.45, 2.75) is 11.4 Å². The number of benzene rings is 3. The van der Waals surface area contributed by atoms with Gasteiger partial charge in [0.25, 0.3) is 10.0 Å². The quantitative estimate of drug-likeness (QED) is 0.410. The van der Waals surface area contributed by atoms with Crippen LogP contribution < -0.4 is 9.47 Å². The highest BCUT2D eigenvalue weighted by atomic mass is 32.2. The van der Waals surface area contributed by atoms with Gasteiger partial charge in [-0.3, -0.25) is 4.90 Å². The van der Waals surface area contributed by atoms with Gasteiger partial charge in [-0.2, -0.15) is 8.42 Å². The number of hydrogen-bond donors (Lipinski definition) is 0. The zero-order valence-corrected chi connectivity index (χ0v) is 19.2. The first-order chi connectivity index (χ1) is 16.5. The lowest BCUT2D eigenvalue weighted by Gasteiger charge is -2.36. The van der Waals surface area contributed by atoms with Gasteiger partial charge in [-0.05, 0) is 42.0 Å². The summed E-state index contributed by atoms with van der Waals surface area (Å²) in [4.78, 5) is 4.27. The minimum absolute atomic E-state index is 0.0382. The lowest BCUT2D eigenvalue weighted by molar-refractivity contribution is 0.172. The van der Waals surface area contributed by atoms with E-state index >= 15 is 0 Å². The van der Waals surface area contributed by atoms with Crippen LogP contribution in [0.4, 0.5) is 4.39 Å². The first kappa shape index (κ1) is 22.4. The summed E-state index contributed by atoms with van der Waals surface area (Å²) in [6.45, 7) is 3.75. The molecule has 2 aliphatic rings. The summed E-state index contributed by atoms with van der Waals surface area (Å²) in [7, 11) is -4.00. The van der Waals surface area contributed by atoms with Gasteiger partial charge in [0.15, 0.2) is 11.5 Å². The Morgan fingerprint density at radius 1 is 0.882 bits per heavy atom. The maximum absolute atomic E-state index is 13.3. The molecular formula is C25H24FN3O4S. The van der Waals surface area contributed by atoms with Crippen molar-refractivity contribution >= 4 is 15.9 Å². The van der Waals surface area contributed by atoms with Gasteiger partial charge in [0, 0.05) is 38.3 Å². The van der Waals surface area contributed by atoms with Crippen LogP contribution in [-0.2, 0) is 16.6 Å². The van der Waals surface area contributed by atoms with Gasteiger partial charge < -0.3 is 14.4 Å². The van der Waals surface area contributed by atoms with Gasteiger partial charge in [-0.15, -0.1) is 4.40 Å². The number of nitrogens with zero attached hydrogens (tertiary/aromatic N) is 3. The predicted octanol–water partition coefficient (Wildman–Crippen LogP) is 3.51. The number of amidine groups is 1. The Morgan fingerprint density at radius 3 is 2.32 bits per heavy atom. The van der Waals surface area contributed by atoms with Crippen molar-refractivity contribution in [2.24, 2.45) is 4.40 Å². The van der Waals surface area contributed by atoms with E-state index in [-0.39, 0.29) is 11.7 Å². The predicted molar refractivity (Wildman–Crippen MR) is 126 cm³/mol. The molecule has 1 fully saturated rings. The molecule has 2 heterocycles. The van der Waals surface area contributed by atoms with Crippen molar-refractivity contribution < 1.29 is 22.3 Å². The first-order valence-electron chi connectivity index (χ1n) is 11.0. The van der Waals surface area contributed by atoms with Crippen LogP contribution in [0.5, 0.6) is 11.5 Å². The van der Waals surface area contributed by atoms with Gasteiger partial charge in [-0.1, -0.05) is 36.4 Å². The molecule has 0 amide bonds. The molecule has 0 atom stereocenters. The zero-order chi connectivity index (χ0) is 23.5. The number of ether oxygens (including phenoxy) is 2. The minimum atomic E-state index is -4.00. The van der Waals surface area contributed by atoms with Crippen LogP contribution in [0.1, 0.15) is 11.1 Å². The summed E-state index contributed by atoms with van der Waals surface area (Å²) in [5.41, 5.74) is 1.85. The van der Waals surface area contributed by atoms with Crippen molar-refractivity contribution in [1.82, 2.24) is 9.80 Å². The topological polar surface area (TPSA) is 71.4 Å². The maximum atomic E-state index is 13.3. The van der Waals surface area contributed by atoms with Gasteiger partial charge in [0.1, 0.15) is 11.7 Å². The second-order valence-electron chi connectivity index (χ2n) is 8.16. The molecule has 34 heavy (non-hydrogen) atoms. The molecule has 3 aromatic rings. The van der Waals surface area contributed by atoms with Gasteiger partial charge in [-0.25, -0.2) is 4.39 Å². The lowest BCUT2D eigenvalue weighted by atomic mass is 10.1. The normalized spacial score (nSPS) is 16.6. The molecular weight excluding hydrogens is 457 g/mol. The summed E-state index contributed by atoms with van der Waals surface area (Å²) in [6, 6.07) is 20.0. The van der Waals surface area contributed by atoms with Crippen LogP contribution in [0, 0.1) is 5.82 Å². The number of rotatable bonds is 5.